The number of para-hydroxylation sites is 1. The van der Waals surface area contributed by atoms with Crippen LogP contribution in [0.5, 0.6) is 0 Å². The average molecular weight is 344 g/mol. The summed E-state index contributed by atoms with van der Waals surface area (Å²) in [7, 11) is 0. The first-order chi connectivity index (χ1) is 12.2. The second-order valence-electron chi connectivity index (χ2n) is 5.25. The van der Waals surface area contributed by atoms with Crippen LogP contribution in [0.1, 0.15) is 6.92 Å². The lowest BCUT2D eigenvalue weighted by atomic mass is 10.2. The Balaban J connectivity index is 1.79. The number of carbonyl (C=O) groups is 2. The maximum Gasteiger partial charge on any atom is 0.371 e. The molecule has 1 aliphatic heterocycles. The largest absolute Gasteiger partial charge is 0.461 e. The van der Waals surface area contributed by atoms with Gasteiger partial charge in [-0.15, -0.1) is 0 Å². The molecule has 1 aromatic rings. The molecule has 0 N–H and O–H groups in total. The number of esters is 1. The Morgan fingerprint density at radius 1 is 1.20 bits per heavy atom. The van der Waals surface area contributed by atoms with Gasteiger partial charge in [0.05, 0.1) is 6.61 Å². The van der Waals surface area contributed by atoms with Crippen LogP contribution < -0.4 is 4.90 Å². The molecule has 132 valence electrons. The highest BCUT2D eigenvalue weighted by atomic mass is 16.6. The smallest absolute Gasteiger partial charge is 0.371 e. The highest BCUT2D eigenvalue weighted by Crippen LogP contribution is 2.15. The van der Waals surface area contributed by atoms with Gasteiger partial charge < -0.3 is 19.4 Å². The molecule has 2 rings (SSSR count). The molecule has 0 aliphatic carbocycles. The zero-order chi connectivity index (χ0) is 18.1. The van der Waals surface area contributed by atoms with E-state index in [2.05, 4.69) is 14.8 Å². The molecule has 0 bridgehead atoms. The van der Waals surface area contributed by atoms with Gasteiger partial charge in [-0.25, -0.2) is 4.79 Å². The minimum Gasteiger partial charge on any atom is -0.461 e. The van der Waals surface area contributed by atoms with Crippen LogP contribution in [0.15, 0.2) is 35.5 Å². The van der Waals surface area contributed by atoms with Crippen LogP contribution in [-0.4, -0.2) is 61.9 Å². The zero-order valence-electron chi connectivity index (χ0n) is 14.1. The molecule has 0 spiro atoms. The lowest BCUT2D eigenvalue weighted by molar-refractivity contribution is -0.138. The van der Waals surface area contributed by atoms with Gasteiger partial charge in [0.2, 0.25) is 0 Å². The van der Waals surface area contributed by atoms with Crippen molar-refractivity contribution >= 4 is 23.3 Å². The van der Waals surface area contributed by atoms with Crippen LogP contribution >= 0.6 is 0 Å². The first kappa shape index (κ1) is 18.3. The van der Waals surface area contributed by atoms with Crippen molar-refractivity contribution in [2.45, 2.75) is 6.92 Å². The Hall–Kier alpha value is -3.08. The molecule has 25 heavy (non-hydrogen) atoms. The van der Waals surface area contributed by atoms with Crippen LogP contribution in [0.3, 0.4) is 0 Å². The predicted molar refractivity (Wildman–Crippen MR) is 90.9 cm³/mol. The molecule has 1 amide bonds. The molecular weight excluding hydrogens is 324 g/mol. The average Bonchev–Trinajstić information content (AvgIpc) is 2.66. The highest BCUT2D eigenvalue weighted by molar-refractivity contribution is 6.42. The van der Waals surface area contributed by atoms with Crippen molar-refractivity contribution in [2.24, 2.45) is 5.16 Å². The summed E-state index contributed by atoms with van der Waals surface area (Å²) in [6, 6.07) is 11.6. The number of nitriles is 1. The summed E-state index contributed by atoms with van der Waals surface area (Å²) in [5.41, 5.74) is 0.618. The molecule has 1 heterocycles. The number of rotatable bonds is 6. The fraction of sp³-hybridized carbons (Fsp3) is 0.412. The fourth-order valence-electron chi connectivity index (χ4n) is 2.40. The van der Waals surface area contributed by atoms with Crippen molar-refractivity contribution in [3.05, 3.63) is 30.3 Å². The van der Waals surface area contributed by atoms with Crippen molar-refractivity contribution in [2.75, 3.05) is 44.3 Å². The van der Waals surface area contributed by atoms with Crippen LogP contribution in [0.2, 0.25) is 0 Å². The number of ether oxygens (including phenoxy) is 1. The van der Waals surface area contributed by atoms with E-state index in [1.54, 1.807) is 17.9 Å². The Kier molecular flexibility index (Phi) is 6.77. The van der Waals surface area contributed by atoms with Crippen LogP contribution in [0.25, 0.3) is 0 Å². The number of anilines is 1. The van der Waals surface area contributed by atoms with Crippen LogP contribution in [-0.2, 0) is 19.2 Å². The van der Waals surface area contributed by atoms with Crippen molar-refractivity contribution in [1.82, 2.24) is 4.90 Å². The summed E-state index contributed by atoms with van der Waals surface area (Å²) >= 11 is 0. The van der Waals surface area contributed by atoms with Crippen molar-refractivity contribution in [3.63, 3.8) is 0 Å². The first-order valence-electron chi connectivity index (χ1n) is 8.00. The molecule has 0 saturated carbocycles. The Morgan fingerprint density at radius 2 is 1.88 bits per heavy atom. The quantitative estimate of drug-likeness (QED) is 0.430. The number of benzene rings is 1. The third kappa shape index (κ3) is 5.21. The summed E-state index contributed by atoms with van der Waals surface area (Å²) in [6.07, 6.45) is 0. The fourth-order valence-corrected chi connectivity index (χ4v) is 2.40. The van der Waals surface area contributed by atoms with Gasteiger partial charge in [0, 0.05) is 31.9 Å². The molecule has 1 fully saturated rings. The lowest BCUT2D eigenvalue weighted by Crippen LogP contribution is -2.49. The normalized spacial score (nSPS) is 14.6. The Bertz CT molecular complexity index is 661. The molecule has 1 aromatic carbocycles. The van der Waals surface area contributed by atoms with E-state index in [-0.39, 0.29) is 19.1 Å². The van der Waals surface area contributed by atoms with E-state index in [1.165, 1.54) is 0 Å². The highest BCUT2D eigenvalue weighted by Gasteiger charge is 2.22. The molecule has 1 saturated heterocycles. The molecule has 0 radical (unpaired) electrons. The van der Waals surface area contributed by atoms with Gasteiger partial charge in [0.15, 0.2) is 6.61 Å². The molecular formula is C17H20N4O4. The minimum atomic E-state index is -0.867. The van der Waals surface area contributed by atoms with E-state index in [4.69, 9.17) is 10.1 Å². The maximum absolute atomic E-state index is 12.1. The molecule has 1 aliphatic rings. The molecule has 0 aromatic heterocycles. The standard InChI is InChI=1S/C17H20N4O4/c1-2-24-17(23)15(12-18)19-25-13-16(22)21-10-8-20(9-11-21)14-6-4-3-5-7-14/h3-7H,2,8-11,13H2,1H3/b19-15+. The van der Waals surface area contributed by atoms with Crippen LogP contribution in [0, 0.1) is 11.3 Å². The summed E-state index contributed by atoms with van der Waals surface area (Å²) in [5, 5.41) is 12.2. The monoisotopic (exact) mass is 344 g/mol. The third-order valence-electron chi connectivity index (χ3n) is 3.67. The van der Waals surface area contributed by atoms with Crippen molar-refractivity contribution < 1.29 is 19.2 Å². The second-order valence-corrected chi connectivity index (χ2v) is 5.25. The van der Waals surface area contributed by atoms with E-state index in [9.17, 15) is 9.59 Å². The zero-order valence-corrected chi connectivity index (χ0v) is 14.1. The van der Waals surface area contributed by atoms with E-state index in [0.717, 1.165) is 18.8 Å². The van der Waals surface area contributed by atoms with Gasteiger partial charge in [0.25, 0.3) is 11.6 Å². The van der Waals surface area contributed by atoms with E-state index >= 15 is 0 Å². The second kappa shape index (κ2) is 9.27. The number of carbonyl (C=O) groups excluding carboxylic acids is 2. The van der Waals surface area contributed by atoms with Gasteiger partial charge in [-0.3, -0.25) is 4.79 Å². The predicted octanol–water partition coefficient (Wildman–Crippen LogP) is 0.794. The van der Waals surface area contributed by atoms with Crippen molar-refractivity contribution in [1.29, 1.82) is 5.26 Å². The molecule has 8 heteroatoms. The first-order valence-corrected chi connectivity index (χ1v) is 8.00. The summed E-state index contributed by atoms with van der Waals surface area (Å²) in [6.45, 7) is 4.02. The Morgan fingerprint density at radius 3 is 2.48 bits per heavy atom. The number of oxime groups is 1. The molecule has 0 unspecified atom stereocenters. The van der Waals surface area contributed by atoms with Gasteiger partial charge in [-0.1, -0.05) is 23.4 Å². The van der Waals surface area contributed by atoms with Crippen molar-refractivity contribution in [3.8, 4) is 6.07 Å². The number of amides is 1. The van der Waals surface area contributed by atoms with Gasteiger partial charge >= 0.3 is 5.97 Å². The van der Waals surface area contributed by atoms with Gasteiger partial charge in [0.1, 0.15) is 6.07 Å². The lowest BCUT2D eigenvalue weighted by Gasteiger charge is -2.35. The number of piperazine rings is 1. The van der Waals surface area contributed by atoms with E-state index < -0.39 is 11.7 Å². The maximum atomic E-state index is 12.1. The van der Waals surface area contributed by atoms with E-state index in [1.807, 2.05) is 30.3 Å². The SMILES string of the molecule is CCOC(=O)/C(C#N)=N/OCC(=O)N1CCN(c2ccccc2)CC1. The summed E-state index contributed by atoms with van der Waals surface area (Å²) < 4.78 is 4.65. The topological polar surface area (TPSA) is 95.2 Å². The molecule has 8 nitrogen and oxygen atoms in total. The molecule has 0 atom stereocenters. The van der Waals surface area contributed by atoms with Gasteiger partial charge in [-0.2, -0.15) is 5.26 Å². The van der Waals surface area contributed by atoms with Gasteiger partial charge in [-0.05, 0) is 19.1 Å². The minimum absolute atomic E-state index is 0.129. The number of nitrogens with zero attached hydrogens (tertiary/aromatic N) is 4. The van der Waals surface area contributed by atoms with E-state index in [0.29, 0.717) is 13.1 Å². The number of hydrogen-bond donors (Lipinski definition) is 0. The third-order valence-corrected chi connectivity index (χ3v) is 3.67. The summed E-state index contributed by atoms with van der Waals surface area (Å²) in [4.78, 5) is 32.2. The number of hydrogen-bond acceptors (Lipinski definition) is 7. The Labute approximate surface area is 146 Å². The summed E-state index contributed by atoms with van der Waals surface area (Å²) in [5.74, 6) is -1.11. The van der Waals surface area contributed by atoms with Crippen LogP contribution in [0.4, 0.5) is 5.69 Å².